The molecule has 2 aromatic rings. The second-order valence-corrected chi connectivity index (χ2v) is 7.16. The fraction of sp³-hybridized carbons (Fsp3) is 0.375. The minimum absolute atomic E-state index is 0.0486. The van der Waals surface area contributed by atoms with Gasteiger partial charge in [0.05, 0.1) is 25.2 Å². The van der Waals surface area contributed by atoms with Gasteiger partial charge < -0.3 is 9.15 Å². The Bertz CT molecular complexity index is 696. The van der Waals surface area contributed by atoms with Crippen molar-refractivity contribution in [1.82, 2.24) is 5.32 Å². The van der Waals surface area contributed by atoms with Crippen molar-refractivity contribution >= 4 is 15.7 Å². The van der Waals surface area contributed by atoms with E-state index in [-0.39, 0.29) is 12.1 Å². The largest absolute Gasteiger partial charge is 0.468 e. The summed E-state index contributed by atoms with van der Waals surface area (Å²) in [7, 11) is -1.61. The molecule has 1 aromatic heterocycles. The maximum atomic E-state index is 11.2. The van der Waals surface area contributed by atoms with E-state index in [4.69, 9.17) is 9.15 Å². The van der Waals surface area contributed by atoms with E-state index >= 15 is 0 Å². The highest BCUT2D eigenvalue weighted by Gasteiger charge is 2.17. The maximum absolute atomic E-state index is 11.2. The summed E-state index contributed by atoms with van der Waals surface area (Å²) in [6, 6.07) is 11.0. The van der Waals surface area contributed by atoms with E-state index < -0.39 is 10.0 Å². The van der Waals surface area contributed by atoms with Crippen molar-refractivity contribution in [3.63, 3.8) is 0 Å². The lowest BCUT2D eigenvalue weighted by molar-refractivity contribution is 0.152. The Labute approximate surface area is 136 Å². The highest BCUT2D eigenvalue weighted by Crippen LogP contribution is 2.22. The third-order valence-electron chi connectivity index (χ3n) is 3.39. The van der Waals surface area contributed by atoms with Crippen molar-refractivity contribution in [1.29, 1.82) is 0 Å². The third-order valence-corrected chi connectivity index (χ3v) is 3.99. The summed E-state index contributed by atoms with van der Waals surface area (Å²) in [6.45, 7) is 2.52. The zero-order valence-electron chi connectivity index (χ0n) is 13.4. The van der Waals surface area contributed by atoms with Gasteiger partial charge in [-0.1, -0.05) is 12.1 Å². The van der Waals surface area contributed by atoms with E-state index in [0.29, 0.717) is 12.3 Å². The first kappa shape index (κ1) is 17.5. The fourth-order valence-electron chi connectivity index (χ4n) is 2.32. The molecule has 2 N–H and O–H groups in total. The quantitative estimate of drug-likeness (QED) is 0.773. The van der Waals surface area contributed by atoms with E-state index in [2.05, 4.69) is 10.0 Å². The van der Waals surface area contributed by atoms with Crippen LogP contribution in [0.4, 0.5) is 5.69 Å². The van der Waals surface area contributed by atoms with E-state index in [1.165, 1.54) is 0 Å². The highest BCUT2D eigenvalue weighted by molar-refractivity contribution is 7.92. The summed E-state index contributed by atoms with van der Waals surface area (Å²) in [5.41, 5.74) is 1.58. The Morgan fingerprint density at radius 1 is 1.22 bits per heavy atom. The Morgan fingerprint density at radius 3 is 2.43 bits per heavy atom. The second-order valence-electron chi connectivity index (χ2n) is 5.41. The monoisotopic (exact) mass is 338 g/mol. The van der Waals surface area contributed by atoms with Crippen LogP contribution < -0.4 is 10.0 Å². The van der Waals surface area contributed by atoms with Crippen LogP contribution in [0.25, 0.3) is 0 Å². The molecule has 0 bridgehead atoms. The van der Waals surface area contributed by atoms with Crippen molar-refractivity contribution in [3.8, 4) is 0 Å². The van der Waals surface area contributed by atoms with Crippen LogP contribution in [0.1, 0.15) is 30.3 Å². The molecule has 0 amide bonds. The van der Waals surface area contributed by atoms with E-state index in [1.807, 2.05) is 31.2 Å². The number of sulfonamides is 1. The summed E-state index contributed by atoms with van der Waals surface area (Å²) in [6.07, 6.45) is 2.76. The predicted octanol–water partition coefficient (Wildman–Crippen LogP) is 2.69. The Balaban J connectivity index is 2.05. The van der Waals surface area contributed by atoms with Gasteiger partial charge in [0, 0.05) is 18.8 Å². The number of rotatable bonds is 8. The van der Waals surface area contributed by atoms with Gasteiger partial charge in [-0.15, -0.1) is 0 Å². The van der Waals surface area contributed by atoms with Crippen LogP contribution in [0.15, 0.2) is 47.1 Å². The van der Waals surface area contributed by atoms with Gasteiger partial charge in [0.25, 0.3) is 0 Å². The van der Waals surface area contributed by atoms with E-state index in [1.54, 1.807) is 25.5 Å². The Hall–Kier alpha value is -1.83. The number of hydrogen-bond acceptors (Lipinski definition) is 5. The van der Waals surface area contributed by atoms with Crippen LogP contribution in [0, 0.1) is 0 Å². The fourth-order valence-corrected chi connectivity index (χ4v) is 2.88. The lowest BCUT2D eigenvalue weighted by Crippen LogP contribution is -2.27. The van der Waals surface area contributed by atoms with Crippen LogP contribution >= 0.6 is 0 Å². The predicted molar refractivity (Wildman–Crippen MR) is 89.8 cm³/mol. The SMILES string of the molecule is COC[C@H](N[C@@H](C)c1ccc(NS(C)(=O)=O)cc1)c1ccco1. The van der Waals surface area contributed by atoms with E-state index in [0.717, 1.165) is 17.6 Å². The molecule has 0 radical (unpaired) electrons. The first-order valence-corrected chi connectivity index (χ1v) is 9.14. The zero-order valence-corrected chi connectivity index (χ0v) is 14.3. The average Bonchev–Trinajstić information content (AvgIpc) is 3.00. The lowest BCUT2D eigenvalue weighted by atomic mass is 10.1. The van der Waals surface area contributed by atoms with Gasteiger partial charge in [-0.3, -0.25) is 10.0 Å². The van der Waals surface area contributed by atoms with Gasteiger partial charge in [-0.2, -0.15) is 0 Å². The van der Waals surface area contributed by atoms with Gasteiger partial charge in [0.2, 0.25) is 10.0 Å². The zero-order chi connectivity index (χ0) is 16.9. The van der Waals surface area contributed by atoms with Crippen molar-refractivity contribution < 1.29 is 17.6 Å². The number of anilines is 1. The Kier molecular flexibility index (Phi) is 5.81. The number of hydrogen-bond donors (Lipinski definition) is 2. The summed E-state index contributed by atoms with van der Waals surface area (Å²) in [5, 5.41) is 3.45. The minimum atomic E-state index is -3.26. The standard InChI is InChI=1S/C16H22N2O4S/c1-12(17-15(11-21-2)16-5-4-10-22-16)13-6-8-14(9-7-13)18-23(3,19)20/h4-10,12,15,17-18H,11H2,1-3H3/t12-,15-/m0/s1. The van der Waals surface area contributed by atoms with Crippen molar-refractivity contribution in [2.24, 2.45) is 0 Å². The molecule has 1 heterocycles. The number of nitrogens with one attached hydrogen (secondary N) is 2. The normalized spacial score (nSPS) is 14.4. The van der Waals surface area contributed by atoms with Gasteiger partial charge in [0.1, 0.15) is 5.76 Å². The first-order valence-electron chi connectivity index (χ1n) is 7.25. The third kappa shape index (κ3) is 5.38. The molecular formula is C16H22N2O4S. The summed E-state index contributed by atoms with van der Waals surface area (Å²) in [5.74, 6) is 0.814. The topological polar surface area (TPSA) is 80.6 Å². The molecule has 0 fully saturated rings. The van der Waals surface area contributed by atoms with Crippen LogP contribution in [0.5, 0.6) is 0 Å². The molecule has 2 atom stereocenters. The molecule has 0 aliphatic rings. The molecule has 2 rings (SSSR count). The van der Waals surface area contributed by atoms with Crippen LogP contribution in [-0.2, 0) is 14.8 Å². The molecule has 0 spiro atoms. The molecule has 0 aliphatic heterocycles. The maximum Gasteiger partial charge on any atom is 0.229 e. The lowest BCUT2D eigenvalue weighted by Gasteiger charge is -2.22. The summed E-state index contributed by atoms with van der Waals surface area (Å²) in [4.78, 5) is 0. The summed E-state index contributed by atoms with van der Waals surface area (Å²) >= 11 is 0. The van der Waals surface area contributed by atoms with Crippen molar-refractivity contribution in [2.45, 2.75) is 19.0 Å². The number of methoxy groups -OCH3 is 1. The molecule has 0 saturated carbocycles. The molecule has 7 heteroatoms. The molecular weight excluding hydrogens is 316 g/mol. The molecule has 0 aliphatic carbocycles. The number of benzene rings is 1. The van der Waals surface area contributed by atoms with Gasteiger partial charge in [-0.05, 0) is 36.8 Å². The average molecular weight is 338 g/mol. The van der Waals surface area contributed by atoms with Gasteiger partial charge in [0.15, 0.2) is 0 Å². The first-order chi connectivity index (χ1) is 10.9. The summed E-state index contributed by atoms with van der Waals surface area (Å²) < 4.78 is 35.6. The van der Waals surface area contributed by atoms with E-state index in [9.17, 15) is 8.42 Å². The van der Waals surface area contributed by atoms with Crippen molar-refractivity contribution in [2.75, 3.05) is 24.7 Å². The number of ether oxygens (including phenoxy) is 1. The molecule has 0 saturated heterocycles. The van der Waals surface area contributed by atoms with Crippen LogP contribution in [-0.4, -0.2) is 28.4 Å². The smallest absolute Gasteiger partial charge is 0.229 e. The molecule has 6 nitrogen and oxygen atoms in total. The van der Waals surface area contributed by atoms with Crippen LogP contribution in [0.2, 0.25) is 0 Å². The molecule has 23 heavy (non-hydrogen) atoms. The molecule has 126 valence electrons. The number of furan rings is 1. The second kappa shape index (κ2) is 7.63. The highest BCUT2D eigenvalue weighted by atomic mass is 32.2. The Morgan fingerprint density at radius 2 is 1.91 bits per heavy atom. The van der Waals surface area contributed by atoms with Crippen molar-refractivity contribution in [3.05, 3.63) is 54.0 Å². The van der Waals surface area contributed by atoms with Crippen LogP contribution in [0.3, 0.4) is 0 Å². The molecule has 1 aromatic carbocycles. The van der Waals surface area contributed by atoms with Gasteiger partial charge >= 0.3 is 0 Å². The minimum Gasteiger partial charge on any atom is -0.468 e. The van der Waals surface area contributed by atoms with Gasteiger partial charge in [-0.25, -0.2) is 8.42 Å². The molecule has 0 unspecified atom stereocenters.